The second kappa shape index (κ2) is 8.70. The summed E-state index contributed by atoms with van der Waals surface area (Å²) in [5, 5.41) is 0. The molecular weight excluding hydrogens is 592 g/mol. The van der Waals surface area contributed by atoms with Gasteiger partial charge in [0.25, 0.3) is 11.8 Å². The van der Waals surface area contributed by atoms with Crippen LogP contribution in [0.4, 0.5) is 11.4 Å². The van der Waals surface area contributed by atoms with Gasteiger partial charge in [-0.15, -0.1) is 0 Å². The van der Waals surface area contributed by atoms with Crippen molar-refractivity contribution >= 4 is 23.2 Å². The highest BCUT2D eigenvalue weighted by atomic mass is 16.2. The molecule has 48 heavy (non-hydrogen) atoms. The van der Waals surface area contributed by atoms with Crippen LogP contribution in [0, 0.1) is 23.7 Å². The molecule has 0 N–H and O–H groups in total. The van der Waals surface area contributed by atoms with Crippen LogP contribution in [0.15, 0.2) is 95.6 Å². The fraction of sp³-hybridized carbons (Fsp3) is 0.476. The third-order valence-electron chi connectivity index (χ3n) is 15.7. The lowest BCUT2D eigenvalue weighted by molar-refractivity contribution is -0.118. The molecule has 6 heteroatoms. The van der Waals surface area contributed by atoms with Gasteiger partial charge in [-0.2, -0.15) is 0 Å². The van der Waals surface area contributed by atoms with Crippen LogP contribution >= 0.6 is 0 Å². The third kappa shape index (κ3) is 2.73. The number of piperidine rings is 2. The Labute approximate surface area is 282 Å². The van der Waals surface area contributed by atoms with E-state index in [9.17, 15) is 4.79 Å². The summed E-state index contributed by atoms with van der Waals surface area (Å²) in [6, 6.07) is 18.8. The van der Waals surface area contributed by atoms with Gasteiger partial charge in [0.1, 0.15) is 0 Å². The number of anilines is 2. The maximum atomic E-state index is 15.5. The first-order valence-electron chi connectivity index (χ1n) is 18.6. The standard InChI is InChI=1S/C42H42N4O2/c1-3-23-21-43-16-15-41-30-9-5-8-12-33(30)46-39(41)28(27(23)18-35(41)43)17-29(40(46)48)34-20-42-31-10-6-7-11-32(31)45-37(47)14-13-25(38(42)45)26-19-36(42)44(34)22-24(26)4-2/h3-14,17,25-28,34-36,38-39H,15-16,18-22H2,1-2H3/b23-3-,24-4-/t25-,26-,27-,28-,34+,35-,36-,38-,39-,41+,42+/m0/s1. The lowest BCUT2D eigenvalue weighted by atomic mass is 9.54. The summed E-state index contributed by atoms with van der Waals surface area (Å²) in [6.45, 7) is 7.52. The third-order valence-corrected chi connectivity index (χ3v) is 15.7. The fourth-order valence-corrected chi connectivity index (χ4v) is 14.2. The number of hydrogen-bond acceptors (Lipinski definition) is 4. The fourth-order valence-electron chi connectivity index (χ4n) is 14.2. The molecule has 242 valence electrons. The largest absolute Gasteiger partial charge is 0.304 e. The van der Waals surface area contributed by atoms with Crippen LogP contribution in [0.2, 0.25) is 0 Å². The number of rotatable bonds is 1. The van der Waals surface area contributed by atoms with E-state index in [0.29, 0.717) is 35.8 Å². The quantitative estimate of drug-likeness (QED) is 0.389. The monoisotopic (exact) mass is 634 g/mol. The van der Waals surface area contributed by atoms with Crippen molar-refractivity contribution in [2.75, 3.05) is 29.4 Å². The second-order valence-corrected chi connectivity index (χ2v) is 16.6. The molecular formula is C42H42N4O2. The number of carbonyl (C=O) groups excluding carboxylic acids is 2. The number of nitrogens with zero attached hydrogens (tertiary/aromatic N) is 4. The molecule has 0 aromatic heterocycles. The molecule has 4 saturated heterocycles. The maximum Gasteiger partial charge on any atom is 0.255 e. The lowest BCUT2D eigenvalue weighted by Crippen LogP contribution is -2.66. The van der Waals surface area contributed by atoms with Gasteiger partial charge in [0.15, 0.2) is 0 Å². The summed E-state index contributed by atoms with van der Waals surface area (Å²) in [5.41, 5.74) is 8.92. The van der Waals surface area contributed by atoms with Crippen molar-refractivity contribution in [2.45, 2.75) is 80.6 Å². The van der Waals surface area contributed by atoms with E-state index in [1.54, 1.807) is 5.57 Å². The van der Waals surface area contributed by atoms with Crippen molar-refractivity contribution < 1.29 is 9.59 Å². The molecule has 2 aromatic carbocycles. The van der Waals surface area contributed by atoms with Crippen LogP contribution in [-0.4, -0.2) is 71.5 Å². The van der Waals surface area contributed by atoms with Crippen LogP contribution in [0.3, 0.4) is 0 Å². The summed E-state index contributed by atoms with van der Waals surface area (Å²) in [7, 11) is 0. The van der Waals surface area contributed by atoms with Gasteiger partial charge in [0.05, 0.1) is 12.1 Å². The molecule has 12 rings (SSSR count). The Morgan fingerprint density at radius 3 is 2.23 bits per heavy atom. The Morgan fingerprint density at radius 1 is 0.771 bits per heavy atom. The van der Waals surface area contributed by atoms with Crippen LogP contribution in [0.25, 0.3) is 0 Å². The Balaban J connectivity index is 1.07. The van der Waals surface area contributed by atoms with Crippen molar-refractivity contribution in [3.05, 3.63) is 107 Å². The minimum atomic E-state index is -0.187. The Bertz CT molecular complexity index is 2010. The molecule has 6 nitrogen and oxygen atoms in total. The van der Waals surface area contributed by atoms with E-state index >= 15 is 4.79 Å². The zero-order valence-corrected chi connectivity index (χ0v) is 27.8. The van der Waals surface area contributed by atoms with Crippen molar-refractivity contribution in [3.8, 4) is 0 Å². The Hall–Kier alpha value is -3.74. The molecule has 0 unspecified atom stereocenters. The number of hydrogen-bond donors (Lipinski definition) is 0. The van der Waals surface area contributed by atoms with E-state index < -0.39 is 0 Å². The summed E-state index contributed by atoms with van der Waals surface area (Å²) < 4.78 is 0. The van der Waals surface area contributed by atoms with E-state index in [2.05, 4.69) is 106 Å². The number of carbonyl (C=O) groups is 2. The number of benzene rings is 2. The van der Waals surface area contributed by atoms with Crippen molar-refractivity contribution in [1.29, 1.82) is 0 Å². The minimum Gasteiger partial charge on any atom is -0.304 e. The number of fused-ring (bicyclic) bond motifs is 8. The highest BCUT2D eigenvalue weighted by Crippen LogP contribution is 2.68. The second-order valence-electron chi connectivity index (χ2n) is 16.6. The smallest absolute Gasteiger partial charge is 0.255 e. The number of para-hydroxylation sites is 2. The molecule has 2 aliphatic carbocycles. The van der Waals surface area contributed by atoms with E-state index in [0.717, 1.165) is 50.2 Å². The molecule has 11 atom stereocenters. The van der Waals surface area contributed by atoms with Gasteiger partial charge in [-0.25, -0.2) is 0 Å². The van der Waals surface area contributed by atoms with E-state index in [1.165, 1.54) is 28.8 Å². The molecule has 8 heterocycles. The summed E-state index contributed by atoms with van der Waals surface area (Å²) in [4.78, 5) is 39.2. The normalized spacial score (nSPS) is 45.5. The highest BCUT2D eigenvalue weighted by molar-refractivity contribution is 6.10. The van der Waals surface area contributed by atoms with Crippen LogP contribution < -0.4 is 9.80 Å². The summed E-state index contributed by atoms with van der Waals surface area (Å²) in [6.07, 6.45) is 15.7. The van der Waals surface area contributed by atoms with Crippen LogP contribution in [0.5, 0.6) is 0 Å². The Morgan fingerprint density at radius 2 is 1.44 bits per heavy atom. The SMILES string of the molecule is C/C=C1/CN2[C@@H](C3=C[C@@H]4[C@@H]5N(C3=O)c3ccccc3[C@@]53CCN5C/C(=C/C)[C@@H]4C[C@H]53)C[C@]34c5ccccc5N5C(=O)C=C[C@H]([C@H]53)[C@H]1C[C@H]24. The molecule has 6 fully saturated rings. The zero-order chi connectivity index (χ0) is 31.8. The van der Waals surface area contributed by atoms with Crippen LogP contribution in [-0.2, 0) is 20.4 Å². The zero-order valence-electron chi connectivity index (χ0n) is 27.8. The molecule has 2 aromatic rings. The predicted molar refractivity (Wildman–Crippen MR) is 186 cm³/mol. The molecule has 4 bridgehead atoms. The van der Waals surface area contributed by atoms with Gasteiger partial charge in [-0.05, 0) is 87.2 Å². The number of amides is 2. The predicted octanol–water partition coefficient (Wildman–Crippen LogP) is 5.51. The van der Waals surface area contributed by atoms with Gasteiger partial charge in [0.2, 0.25) is 0 Å². The van der Waals surface area contributed by atoms with E-state index in [-0.39, 0.29) is 40.8 Å². The number of allylic oxidation sites excluding steroid dienone is 2. The molecule has 0 radical (unpaired) electrons. The minimum absolute atomic E-state index is 0.0143. The van der Waals surface area contributed by atoms with Crippen molar-refractivity contribution in [3.63, 3.8) is 0 Å². The highest BCUT2D eigenvalue weighted by Gasteiger charge is 2.73. The maximum absolute atomic E-state index is 15.5. The van der Waals surface area contributed by atoms with E-state index in [1.807, 2.05) is 6.08 Å². The van der Waals surface area contributed by atoms with Gasteiger partial charge in [-0.1, -0.05) is 71.8 Å². The molecule has 2 spiro atoms. The van der Waals surface area contributed by atoms with Crippen molar-refractivity contribution in [2.24, 2.45) is 23.7 Å². The van der Waals surface area contributed by atoms with Gasteiger partial charge in [0, 0.05) is 70.8 Å². The first-order chi connectivity index (χ1) is 23.5. The van der Waals surface area contributed by atoms with Gasteiger partial charge >= 0.3 is 0 Å². The average molecular weight is 635 g/mol. The topological polar surface area (TPSA) is 47.1 Å². The summed E-state index contributed by atoms with van der Waals surface area (Å²) >= 11 is 0. The molecule has 2 amide bonds. The first kappa shape index (κ1) is 27.1. The van der Waals surface area contributed by atoms with Gasteiger partial charge in [-0.3, -0.25) is 19.4 Å². The molecule has 8 aliphatic heterocycles. The molecule has 10 aliphatic rings. The lowest BCUT2D eigenvalue weighted by Gasteiger charge is -2.57. The average Bonchev–Trinajstić information content (AvgIpc) is 3.85. The first-order valence-corrected chi connectivity index (χ1v) is 18.6. The molecule has 2 saturated carbocycles. The van der Waals surface area contributed by atoms with Crippen molar-refractivity contribution in [1.82, 2.24) is 9.80 Å². The van der Waals surface area contributed by atoms with Crippen LogP contribution in [0.1, 0.15) is 50.7 Å². The Kier molecular flexibility index (Phi) is 4.91. The summed E-state index contributed by atoms with van der Waals surface area (Å²) in [5.74, 6) is 1.87. The van der Waals surface area contributed by atoms with E-state index in [4.69, 9.17) is 0 Å². The van der Waals surface area contributed by atoms with Gasteiger partial charge < -0.3 is 9.80 Å².